The summed E-state index contributed by atoms with van der Waals surface area (Å²) in [6, 6.07) is 10.3. The maximum atomic E-state index is 12.2. The van der Waals surface area contributed by atoms with E-state index < -0.39 is 18.5 Å². The number of anilines is 2. The SMILES string of the molecule is COc1ccc(C)cc1CC(=O)OCC(=O)Nc1cc(NC(C)=O)ccc1OC. The quantitative estimate of drug-likeness (QED) is 0.661. The second kappa shape index (κ2) is 10.1. The van der Waals surface area contributed by atoms with Crippen molar-refractivity contribution < 1.29 is 28.6 Å². The van der Waals surface area contributed by atoms with Crippen molar-refractivity contribution in [1.82, 2.24) is 0 Å². The van der Waals surface area contributed by atoms with Gasteiger partial charge in [-0.3, -0.25) is 14.4 Å². The van der Waals surface area contributed by atoms with Crippen molar-refractivity contribution in [2.75, 3.05) is 31.5 Å². The van der Waals surface area contributed by atoms with Gasteiger partial charge in [0.25, 0.3) is 5.91 Å². The van der Waals surface area contributed by atoms with Crippen LogP contribution < -0.4 is 20.1 Å². The number of ether oxygens (including phenoxy) is 3. The van der Waals surface area contributed by atoms with Gasteiger partial charge in [-0.2, -0.15) is 0 Å². The Morgan fingerprint density at radius 1 is 0.931 bits per heavy atom. The van der Waals surface area contributed by atoms with E-state index >= 15 is 0 Å². The lowest BCUT2D eigenvalue weighted by Gasteiger charge is -2.13. The highest BCUT2D eigenvalue weighted by atomic mass is 16.5. The molecule has 8 heteroatoms. The molecule has 2 aromatic carbocycles. The number of amides is 2. The van der Waals surface area contributed by atoms with Crippen LogP contribution in [0.3, 0.4) is 0 Å². The number of aryl methyl sites for hydroxylation is 1. The number of esters is 1. The lowest BCUT2D eigenvalue weighted by atomic mass is 10.1. The fraction of sp³-hybridized carbons (Fsp3) is 0.286. The molecule has 0 spiro atoms. The van der Waals surface area contributed by atoms with Gasteiger partial charge in [0.15, 0.2) is 6.61 Å². The third-order valence-electron chi connectivity index (χ3n) is 3.93. The van der Waals surface area contributed by atoms with Crippen molar-refractivity contribution in [2.24, 2.45) is 0 Å². The Kier molecular flexibility index (Phi) is 7.59. The molecule has 154 valence electrons. The number of hydrogen-bond acceptors (Lipinski definition) is 6. The van der Waals surface area contributed by atoms with Crippen LogP contribution in [0.25, 0.3) is 0 Å². The van der Waals surface area contributed by atoms with Gasteiger partial charge in [0, 0.05) is 18.2 Å². The normalized spacial score (nSPS) is 10.1. The fourth-order valence-electron chi connectivity index (χ4n) is 2.67. The summed E-state index contributed by atoms with van der Waals surface area (Å²) in [5, 5.41) is 5.23. The number of hydrogen-bond donors (Lipinski definition) is 2. The summed E-state index contributed by atoms with van der Waals surface area (Å²) in [7, 11) is 2.98. The first-order valence-electron chi connectivity index (χ1n) is 8.87. The third-order valence-corrected chi connectivity index (χ3v) is 3.93. The zero-order chi connectivity index (χ0) is 21.4. The Labute approximate surface area is 169 Å². The monoisotopic (exact) mass is 400 g/mol. The van der Waals surface area contributed by atoms with Crippen molar-refractivity contribution in [3.63, 3.8) is 0 Å². The van der Waals surface area contributed by atoms with Gasteiger partial charge in [-0.1, -0.05) is 17.7 Å². The minimum absolute atomic E-state index is 0.0144. The first-order valence-corrected chi connectivity index (χ1v) is 8.87. The molecule has 0 heterocycles. The molecule has 0 saturated heterocycles. The summed E-state index contributed by atoms with van der Waals surface area (Å²) in [6.45, 7) is 2.83. The summed E-state index contributed by atoms with van der Waals surface area (Å²) in [4.78, 5) is 35.5. The predicted octanol–water partition coefficient (Wildman–Crippen LogP) is 2.70. The molecule has 0 saturated carbocycles. The topological polar surface area (TPSA) is 103 Å². The van der Waals surface area contributed by atoms with Gasteiger partial charge in [0.1, 0.15) is 11.5 Å². The lowest BCUT2D eigenvalue weighted by Crippen LogP contribution is -2.22. The summed E-state index contributed by atoms with van der Waals surface area (Å²) >= 11 is 0. The van der Waals surface area contributed by atoms with Crippen molar-refractivity contribution in [3.05, 3.63) is 47.5 Å². The fourth-order valence-corrected chi connectivity index (χ4v) is 2.67. The average molecular weight is 400 g/mol. The molecule has 2 aromatic rings. The number of nitrogens with one attached hydrogen (secondary N) is 2. The van der Waals surface area contributed by atoms with E-state index in [-0.39, 0.29) is 12.3 Å². The van der Waals surface area contributed by atoms with E-state index in [9.17, 15) is 14.4 Å². The van der Waals surface area contributed by atoms with Crippen LogP contribution in [0.1, 0.15) is 18.1 Å². The van der Waals surface area contributed by atoms with Crippen molar-refractivity contribution in [2.45, 2.75) is 20.3 Å². The summed E-state index contributed by atoms with van der Waals surface area (Å²) in [5.41, 5.74) is 2.51. The zero-order valence-electron chi connectivity index (χ0n) is 16.8. The van der Waals surface area contributed by atoms with E-state index in [2.05, 4.69) is 10.6 Å². The molecule has 29 heavy (non-hydrogen) atoms. The largest absolute Gasteiger partial charge is 0.496 e. The lowest BCUT2D eigenvalue weighted by molar-refractivity contribution is -0.146. The molecule has 0 atom stereocenters. The number of carbonyl (C=O) groups is 3. The van der Waals surface area contributed by atoms with Crippen molar-refractivity contribution in [1.29, 1.82) is 0 Å². The van der Waals surface area contributed by atoms with E-state index in [1.165, 1.54) is 21.1 Å². The standard InChI is InChI=1S/C21H24N2O6/c1-13-5-7-18(27-3)15(9-13)10-21(26)29-12-20(25)23-17-11-16(22-14(2)24)6-8-19(17)28-4/h5-9,11H,10,12H2,1-4H3,(H,22,24)(H,23,25). The van der Waals surface area contributed by atoms with Gasteiger partial charge in [0.05, 0.1) is 26.3 Å². The molecule has 0 radical (unpaired) electrons. The molecule has 0 unspecified atom stereocenters. The molecular weight excluding hydrogens is 376 g/mol. The Balaban J connectivity index is 1.97. The predicted molar refractivity (Wildman–Crippen MR) is 108 cm³/mol. The highest BCUT2D eigenvalue weighted by Gasteiger charge is 2.14. The van der Waals surface area contributed by atoms with Gasteiger partial charge in [-0.15, -0.1) is 0 Å². The van der Waals surface area contributed by atoms with Crippen molar-refractivity contribution >= 4 is 29.2 Å². The Morgan fingerprint density at radius 2 is 1.62 bits per heavy atom. The van der Waals surface area contributed by atoms with E-state index in [0.29, 0.717) is 28.4 Å². The molecule has 0 aliphatic carbocycles. The molecule has 8 nitrogen and oxygen atoms in total. The molecule has 0 aliphatic heterocycles. The summed E-state index contributed by atoms with van der Waals surface area (Å²) < 4.78 is 15.5. The molecule has 0 aliphatic rings. The average Bonchev–Trinajstić information content (AvgIpc) is 2.66. The van der Waals surface area contributed by atoms with Crippen molar-refractivity contribution in [3.8, 4) is 11.5 Å². The number of methoxy groups -OCH3 is 2. The molecule has 0 aromatic heterocycles. The van der Waals surface area contributed by atoms with Crippen LogP contribution in [0.5, 0.6) is 11.5 Å². The van der Waals surface area contributed by atoms with Crippen LogP contribution in [0.4, 0.5) is 11.4 Å². The number of carbonyl (C=O) groups excluding carboxylic acids is 3. The Morgan fingerprint density at radius 3 is 2.28 bits per heavy atom. The second-order valence-corrected chi connectivity index (χ2v) is 6.30. The van der Waals surface area contributed by atoms with Gasteiger partial charge >= 0.3 is 5.97 Å². The van der Waals surface area contributed by atoms with Crippen LogP contribution in [0, 0.1) is 6.92 Å². The van der Waals surface area contributed by atoms with E-state index in [4.69, 9.17) is 14.2 Å². The Hall–Kier alpha value is -3.55. The number of benzene rings is 2. The van der Waals surface area contributed by atoms with Crippen LogP contribution >= 0.6 is 0 Å². The molecule has 2 rings (SSSR count). The van der Waals surface area contributed by atoms with E-state index in [1.807, 2.05) is 19.1 Å². The third kappa shape index (κ3) is 6.53. The highest BCUT2D eigenvalue weighted by molar-refractivity contribution is 5.96. The first-order chi connectivity index (χ1) is 13.8. The summed E-state index contributed by atoms with van der Waals surface area (Å²) in [6.07, 6.45) is -0.0144. The molecule has 2 N–H and O–H groups in total. The minimum Gasteiger partial charge on any atom is -0.496 e. The van der Waals surface area contributed by atoms with Crippen LogP contribution in [0.2, 0.25) is 0 Å². The minimum atomic E-state index is -0.553. The zero-order valence-corrected chi connectivity index (χ0v) is 16.8. The maximum absolute atomic E-state index is 12.2. The van der Waals surface area contributed by atoms with Gasteiger partial charge in [-0.25, -0.2) is 0 Å². The molecule has 2 amide bonds. The Bertz CT molecular complexity index is 910. The number of rotatable bonds is 8. The van der Waals surface area contributed by atoms with E-state index in [0.717, 1.165) is 5.56 Å². The molecular formula is C21H24N2O6. The van der Waals surface area contributed by atoms with E-state index in [1.54, 1.807) is 24.3 Å². The van der Waals surface area contributed by atoms with Crippen LogP contribution in [-0.4, -0.2) is 38.6 Å². The summed E-state index contributed by atoms with van der Waals surface area (Å²) in [5.74, 6) is -0.344. The smallest absolute Gasteiger partial charge is 0.310 e. The van der Waals surface area contributed by atoms with Gasteiger partial charge in [-0.05, 0) is 31.2 Å². The first kappa shape index (κ1) is 21.7. The molecule has 0 bridgehead atoms. The van der Waals surface area contributed by atoms with Gasteiger partial charge in [0.2, 0.25) is 5.91 Å². The highest BCUT2D eigenvalue weighted by Crippen LogP contribution is 2.28. The van der Waals surface area contributed by atoms with Crippen LogP contribution in [0.15, 0.2) is 36.4 Å². The maximum Gasteiger partial charge on any atom is 0.310 e. The van der Waals surface area contributed by atoms with Crippen LogP contribution in [-0.2, 0) is 25.5 Å². The second-order valence-electron chi connectivity index (χ2n) is 6.30. The molecule has 0 fully saturated rings. The van der Waals surface area contributed by atoms with Gasteiger partial charge < -0.3 is 24.8 Å².